The van der Waals surface area contributed by atoms with Gasteiger partial charge in [0.05, 0.1) is 23.1 Å². The van der Waals surface area contributed by atoms with Crippen molar-refractivity contribution in [3.63, 3.8) is 0 Å². The second-order valence-electron chi connectivity index (χ2n) is 6.30. The lowest BCUT2D eigenvalue weighted by Gasteiger charge is -2.44. The van der Waals surface area contributed by atoms with Crippen LogP contribution in [0.25, 0.3) is 0 Å². The van der Waals surface area contributed by atoms with E-state index in [9.17, 15) is 9.18 Å². The number of fused-ring (bicyclic) bond motifs is 2. The van der Waals surface area contributed by atoms with Crippen molar-refractivity contribution in [2.24, 2.45) is 0 Å². The molecule has 1 spiro atoms. The number of carbonyl (C=O) groups is 1. The molecule has 4 nitrogen and oxygen atoms in total. The standard InChI is InChI=1S/C17H17ClFN3O/c18-11-3-4-13(19)12(9-11)16(23)22-8-5-14-15(21-10-20-14)17(22)6-1-2-7-17/h3-4,9-10H,1-2,5-8H2,(H,20,21). The van der Waals surface area contributed by atoms with Gasteiger partial charge in [0.2, 0.25) is 0 Å². The molecule has 0 unspecified atom stereocenters. The van der Waals surface area contributed by atoms with Gasteiger partial charge >= 0.3 is 0 Å². The van der Waals surface area contributed by atoms with Gasteiger partial charge in [-0.25, -0.2) is 9.37 Å². The minimum atomic E-state index is -0.527. The summed E-state index contributed by atoms with van der Waals surface area (Å²) in [5.41, 5.74) is 1.70. The Balaban J connectivity index is 1.79. The fourth-order valence-electron chi connectivity index (χ4n) is 4.05. The fourth-order valence-corrected chi connectivity index (χ4v) is 4.22. The number of aromatic amines is 1. The van der Waals surface area contributed by atoms with Crippen LogP contribution in [0.5, 0.6) is 0 Å². The van der Waals surface area contributed by atoms with E-state index in [1.165, 1.54) is 18.2 Å². The SMILES string of the molecule is O=C(c1cc(Cl)ccc1F)N1CCc2[nH]cnc2C12CCCC2. The lowest BCUT2D eigenvalue weighted by Crippen LogP contribution is -2.52. The van der Waals surface area contributed by atoms with Crippen LogP contribution in [0, 0.1) is 5.82 Å². The first-order chi connectivity index (χ1) is 11.1. The maximum atomic E-state index is 14.2. The molecule has 6 heteroatoms. The third-order valence-corrected chi connectivity index (χ3v) is 5.33. The number of hydrogen-bond acceptors (Lipinski definition) is 2. The molecule has 120 valence electrons. The van der Waals surface area contributed by atoms with Gasteiger partial charge in [0.15, 0.2) is 0 Å². The van der Waals surface area contributed by atoms with E-state index >= 15 is 0 Å². The normalized spacial score (nSPS) is 19.1. The van der Waals surface area contributed by atoms with E-state index in [-0.39, 0.29) is 11.5 Å². The molecule has 1 aliphatic carbocycles. The molecule has 1 aliphatic heterocycles. The molecule has 1 saturated carbocycles. The molecule has 0 saturated heterocycles. The zero-order valence-electron chi connectivity index (χ0n) is 12.6. The van der Waals surface area contributed by atoms with Gasteiger partial charge < -0.3 is 9.88 Å². The minimum absolute atomic E-state index is 0.0442. The van der Waals surface area contributed by atoms with Crippen molar-refractivity contribution >= 4 is 17.5 Å². The molecular formula is C17H17ClFN3O. The molecule has 1 aromatic heterocycles. The second kappa shape index (κ2) is 5.34. The molecule has 0 radical (unpaired) electrons. The van der Waals surface area contributed by atoms with Crippen molar-refractivity contribution in [2.75, 3.05) is 6.54 Å². The van der Waals surface area contributed by atoms with Crippen LogP contribution in [-0.4, -0.2) is 27.3 Å². The number of rotatable bonds is 1. The molecule has 2 aliphatic rings. The molecule has 2 aromatic rings. The van der Waals surface area contributed by atoms with Gasteiger partial charge in [-0.15, -0.1) is 0 Å². The molecule has 1 N–H and O–H groups in total. The molecule has 1 amide bonds. The predicted octanol–water partition coefficient (Wildman–Crippen LogP) is 3.67. The summed E-state index contributed by atoms with van der Waals surface area (Å²) in [6.07, 6.45) is 6.25. The van der Waals surface area contributed by atoms with Crippen LogP contribution in [-0.2, 0) is 12.0 Å². The zero-order chi connectivity index (χ0) is 16.0. The van der Waals surface area contributed by atoms with Gasteiger partial charge in [-0.05, 0) is 31.0 Å². The van der Waals surface area contributed by atoms with Gasteiger partial charge in [-0.2, -0.15) is 0 Å². The Bertz CT molecular complexity index is 767. The number of imidazole rings is 1. The van der Waals surface area contributed by atoms with Crippen molar-refractivity contribution in [1.29, 1.82) is 0 Å². The van der Waals surface area contributed by atoms with E-state index in [1.807, 2.05) is 4.90 Å². The summed E-state index contributed by atoms with van der Waals surface area (Å²) in [5.74, 6) is -0.819. The van der Waals surface area contributed by atoms with Gasteiger partial charge in [0.25, 0.3) is 5.91 Å². The average molecular weight is 334 g/mol. The molecule has 4 rings (SSSR count). The lowest BCUT2D eigenvalue weighted by atomic mass is 9.84. The quantitative estimate of drug-likeness (QED) is 0.865. The average Bonchev–Trinajstić information content (AvgIpc) is 3.20. The Morgan fingerprint density at radius 2 is 2.13 bits per heavy atom. The highest BCUT2D eigenvalue weighted by atomic mass is 35.5. The first kappa shape index (κ1) is 14.7. The van der Waals surface area contributed by atoms with E-state index in [0.717, 1.165) is 37.1 Å². The van der Waals surface area contributed by atoms with Crippen LogP contribution in [0.3, 0.4) is 0 Å². The van der Waals surface area contributed by atoms with E-state index in [0.29, 0.717) is 18.0 Å². The summed E-state index contributed by atoms with van der Waals surface area (Å²) in [4.78, 5) is 22.5. The summed E-state index contributed by atoms with van der Waals surface area (Å²) < 4.78 is 14.2. The smallest absolute Gasteiger partial charge is 0.257 e. The Morgan fingerprint density at radius 3 is 2.91 bits per heavy atom. The number of amides is 1. The monoisotopic (exact) mass is 333 g/mol. The van der Waals surface area contributed by atoms with Crippen LogP contribution < -0.4 is 0 Å². The number of nitrogens with zero attached hydrogens (tertiary/aromatic N) is 2. The van der Waals surface area contributed by atoms with Gasteiger partial charge in [-0.1, -0.05) is 24.4 Å². The molecule has 0 bridgehead atoms. The maximum Gasteiger partial charge on any atom is 0.257 e. The summed E-state index contributed by atoms with van der Waals surface area (Å²) in [6, 6.07) is 4.13. The van der Waals surface area contributed by atoms with Crippen molar-refractivity contribution in [2.45, 2.75) is 37.6 Å². The second-order valence-corrected chi connectivity index (χ2v) is 6.74. The van der Waals surface area contributed by atoms with Crippen molar-refractivity contribution in [1.82, 2.24) is 14.9 Å². The fraction of sp³-hybridized carbons (Fsp3) is 0.412. The molecule has 2 heterocycles. The number of halogens is 2. The Kier molecular flexibility index (Phi) is 3.41. The van der Waals surface area contributed by atoms with Crippen molar-refractivity contribution in [3.8, 4) is 0 Å². The van der Waals surface area contributed by atoms with E-state index in [1.54, 1.807) is 6.33 Å². The summed E-state index contributed by atoms with van der Waals surface area (Å²) in [7, 11) is 0. The Labute approximate surface area is 138 Å². The first-order valence-corrected chi connectivity index (χ1v) is 8.29. The molecule has 1 aromatic carbocycles. The first-order valence-electron chi connectivity index (χ1n) is 7.91. The molecule has 23 heavy (non-hydrogen) atoms. The summed E-state index contributed by atoms with van der Waals surface area (Å²) in [5, 5.41) is 0.368. The maximum absolute atomic E-state index is 14.2. The highest BCUT2D eigenvalue weighted by Gasteiger charge is 2.49. The third-order valence-electron chi connectivity index (χ3n) is 5.10. The number of H-pyrrole nitrogens is 1. The van der Waals surface area contributed by atoms with E-state index < -0.39 is 11.4 Å². The van der Waals surface area contributed by atoms with Crippen LogP contribution in [0.1, 0.15) is 47.4 Å². The lowest BCUT2D eigenvalue weighted by molar-refractivity contribution is 0.0412. The van der Waals surface area contributed by atoms with Crippen LogP contribution in [0.15, 0.2) is 24.5 Å². The van der Waals surface area contributed by atoms with Crippen LogP contribution in [0.4, 0.5) is 4.39 Å². The van der Waals surface area contributed by atoms with Gasteiger partial charge in [0.1, 0.15) is 5.82 Å². The summed E-state index contributed by atoms with van der Waals surface area (Å²) in [6.45, 7) is 0.569. The Hall–Kier alpha value is -1.88. The predicted molar refractivity (Wildman–Crippen MR) is 84.9 cm³/mol. The van der Waals surface area contributed by atoms with Crippen molar-refractivity contribution < 1.29 is 9.18 Å². The minimum Gasteiger partial charge on any atom is -0.348 e. The highest BCUT2D eigenvalue weighted by molar-refractivity contribution is 6.31. The number of aromatic nitrogens is 2. The van der Waals surface area contributed by atoms with Crippen LogP contribution in [0.2, 0.25) is 5.02 Å². The van der Waals surface area contributed by atoms with Gasteiger partial charge in [-0.3, -0.25) is 4.79 Å². The largest absolute Gasteiger partial charge is 0.348 e. The van der Waals surface area contributed by atoms with Crippen LogP contribution >= 0.6 is 11.6 Å². The van der Waals surface area contributed by atoms with E-state index in [2.05, 4.69) is 9.97 Å². The Morgan fingerprint density at radius 1 is 1.35 bits per heavy atom. The van der Waals surface area contributed by atoms with E-state index in [4.69, 9.17) is 11.6 Å². The molecule has 0 atom stereocenters. The summed E-state index contributed by atoms with van der Waals surface area (Å²) >= 11 is 5.96. The third kappa shape index (κ3) is 2.17. The number of carbonyl (C=O) groups excluding carboxylic acids is 1. The highest BCUT2D eigenvalue weighted by Crippen LogP contribution is 2.47. The molecular weight excluding hydrogens is 317 g/mol. The molecule has 1 fully saturated rings. The van der Waals surface area contributed by atoms with Crippen molar-refractivity contribution in [3.05, 3.63) is 52.3 Å². The number of benzene rings is 1. The number of nitrogens with one attached hydrogen (secondary N) is 1. The van der Waals surface area contributed by atoms with Gasteiger partial charge in [0, 0.05) is 23.7 Å². The number of hydrogen-bond donors (Lipinski definition) is 1. The zero-order valence-corrected chi connectivity index (χ0v) is 13.4. The topological polar surface area (TPSA) is 49.0 Å².